The van der Waals surface area contributed by atoms with E-state index in [2.05, 4.69) is 80.8 Å². The molecule has 124 heavy (non-hydrogen) atoms. The lowest BCUT2D eigenvalue weighted by atomic mass is 9.98. The summed E-state index contributed by atoms with van der Waals surface area (Å²) in [5.74, 6) is -3.91. The van der Waals surface area contributed by atoms with Crippen LogP contribution < -0.4 is 9.47 Å². The summed E-state index contributed by atoms with van der Waals surface area (Å²) in [5.41, 5.74) is 9.73. The van der Waals surface area contributed by atoms with Crippen LogP contribution in [0.2, 0.25) is 51.4 Å². The molecule has 0 saturated heterocycles. The number of esters is 5. The van der Waals surface area contributed by atoms with Crippen molar-refractivity contribution in [2.24, 2.45) is 0 Å². The van der Waals surface area contributed by atoms with Gasteiger partial charge in [0.2, 0.25) is 0 Å². The number of carbonyl (C=O) groups is 10. The van der Waals surface area contributed by atoms with Crippen LogP contribution in [0.3, 0.4) is 0 Å². The Morgan fingerprint density at radius 2 is 0.629 bits per heavy atom. The molecule has 0 spiro atoms. The second kappa shape index (κ2) is 45.8. The fourth-order valence-corrected chi connectivity index (χ4v) is 15.2. The molecule has 654 valence electrons. The molecule has 3 amide bonds. The molecule has 0 aliphatic heterocycles. The first-order chi connectivity index (χ1) is 58.6. The topological polar surface area (TPSA) is 365 Å². The van der Waals surface area contributed by atoms with Gasteiger partial charge >= 0.3 is 41.8 Å². The number of halogens is 3. The van der Waals surface area contributed by atoms with Gasteiger partial charge in [-0.05, 0) is 218 Å². The van der Waals surface area contributed by atoms with Crippen LogP contribution in [0.1, 0.15) is 104 Å². The van der Waals surface area contributed by atoms with Crippen molar-refractivity contribution >= 4 is 165 Å². The molecule has 0 saturated carbocycles. The van der Waals surface area contributed by atoms with Gasteiger partial charge in [-0.15, -0.1) is 0 Å². The number of nitrogens with zero attached hydrogens (tertiary/aromatic N) is 9. The Morgan fingerprint density at radius 3 is 0.944 bits per heavy atom. The number of methoxy groups -OCH3 is 7. The first-order valence-electron chi connectivity index (χ1n) is 38.0. The van der Waals surface area contributed by atoms with Crippen molar-refractivity contribution < 1.29 is 101 Å². The lowest BCUT2D eigenvalue weighted by Crippen LogP contribution is -2.22. The number of carbonyl (C=O) groups excluding carboxylic acids is 8. The maximum atomic E-state index is 12.8. The van der Waals surface area contributed by atoms with E-state index in [9.17, 15) is 53.1 Å². The molecule has 2 N–H and O–H groups in total. The first-order valence-corrected chi connectivity index (χ1v) is 48.6. The van der Waals surface area contributed by atoms with Crippen LogP contribution in [0.15, 0.2) is 164 Å². The molecule has 4 aromatic heterocycles. The number of aromatic nitrogens is 6. The van der Waals surface area contributed by atoms with E-state index in [0.717, 1.165) is 46.7 Å². The van der Waals surface area contributed by atoms with E-state index in [1.165, 1.54) is 80.6 Å². The quantitative estimate of drug-likeness (QED) is 0.0167. The van der Waals surface area contributed by atoms with E-state index >= 15 is 0 Å². The van der Waals surface area contributed by atoms with Gasteiger partial charge in [-0.25, -0.2) is 52.9 Å². The summed E-state index contributed by atoms with van der Waals surface area (Å²) in [7, 11) is 17.2. The van der Waals surface area contributed by atoms with Gasteiger partial charge in [0, 0.05) is 144 Å². The number of carboxylic acid groups (broad SMARTS) is 2. The predicted molar refractivity (Wildman–Crippen MR) is 500 cm³/mol. The molecule has 7 aromatic carbocycles. The Kier molecular flexibility index (Phi) is 36.9. The molecule has 0 radical (unpaired) electrons. The van der Waals surface area contributed by atoms with Crippen molar-refractivity contribution in [2.75, 3.05) is 105 Å². The maximum absolute atomic E-state index is 12.8. The molecule has 0 unspecified atom stereocenters. The number of fused-ring (bicyclic) bond motifs is 2. The molecule has 0 aliphatic rings. The fraction of sp³-hybridized carbons (Fsp3) is 0.281. The predicted octanol–water partition coefficient (Wildman–Crippen LogP) is 16.5. The van der Waals surface area contributed by atoms with E-state index < -0.39 is 57.9 Å². The fourth-order valence-electron chi connectivity index (χ4n) is 11.7. The summed E-state index contributed by atoms with van der Waals surface area (Å²) in [6.45, 7) is 15.7. The van der Waals surface area contributed by atoms with Gasteiger partial charge < -0.3 is 67.5 Å². The van der Waals surface area contributed by atoms with Gasteiger partial charge in [0.25, 0.3) is 17.7 Å². The van der Waals surface area contributed by atoms with E-state index in [1.807, 2.05) is 106 Å². The van der Waals surface area contributed by atoms with Gasteiger partial charge in [0.05, 0.1) is 88.7 Å². The van der Waals surface area contributed by atoms with Crippen molar-refractivity contribution in [3.8, 4) is 56.3 Å². The number of para-hydroxylation sites is 2. The Bertz CT molecular complexity index is 5730. The highest BCUT2D eigenvalue weighted by molar-refractivity contribution is 14.1. The molecule has 30 nitrogen and oxygen atoms in total. The molecule has 4 heterocycles. The Hall–Kier alpha value is -11.4. The Balaban J connectivity index is 0.000000231. The largest absolute Gasteiger partial charge is 0.496 e. The number of amides is 3. The lowest BCUT2D eigenvalue weighted by molar-refractivity contribution is 0.0584. The number of carboxylic acids is 2. The number of hydrogen-bond acceptors (Lipinski definition) is 23. The second-order valence-corrected chi connectivity index (χ2v) is 45.4. The maximum Gasteiger partial charge on any atom is 0.337 e. The third-order valence-corrected chi connectivity index (χ3v) is 23.4. The van der Waals surface area contributed by atoms with Crippen LogP contribution in [0.25, 0.3) is 66.8 Å². The normalized spacial score (nSPS) is 10.8. The number of ether oxygens (including phenoxy) is 9. The molecule has 0 atom stereocenters. The summed E-state index contributed by atoms with van der Waals surface area (Å²) in [4.78, 5) is 131. The molecule has 35 heteroatoms. The van der Waals surface area contributed by atoms with E-state index in [4.69, 9.17) is 49.0 Å². The number of hydrogen-bond donors (Lipinski definition) is 2. The van der Waals surface area contributed by atoms with Gasteiger partial charge in [-0.2, -0.15) is 10.2 Å². The summed E-state index contributed by atoms with van der Waals surface area (Å²) < 4.78 is 52.2. The van der Waals surface area contributed by atoms with E-state index in [1.54, 1.807) is 139 Å². The Morgan fingerprint density at radius 1 is 0.363 bits per heavy atom. The van der Waals surface area contributed by atoms with Crippen molar-refractivity contribution in [2.45, 2.75) is 64.8 Å². The van der Waals surface area contributed by atoms with Gasteiger partial charge in [-0.1, -0.05) is 63.5 Å². The van der Waals surface area contributed by atoms with Crippen LogP contribution in [0, 0.1) is 10.7 Å². The molecule has 11 rings (SSSR count). The van der Waals surface area contributed by atoms with Crippen molar-refractivity contribution in [1.29, 1.82) is 0 Å². The summed E-state index contributed by atoms with van der Waals surface area (Å²) in [6.07, 6.45) is 3.38. The number of rotatable bonds is 26. The van der Waals surface area contributed by atoms with Gasteiger partial charge in [-0.3, -0.25) is 14.4 Å². The van der Waals surface area contributed by atoms with E-state index in [0.29, 0.717) is 95.5 Å². The van der Waals surface area contributed by atoms with Crippen molar-refractivity contribution in [3.05, 3.63) is 230 Å². The minimum absolute atomic E-state index is 0.0224. The van der Waals surface area contributed by atoms with Crippen molar-refractivity contribution in [3.63, 3.8) is 0 Å². The van der Waals surface area contributed by atoms with Crippen LogP contribution in [0.5, 0.6) is 11.5 Å². The average molecular weight is 2070 g/mol. The number of benzene rings is 7. The van der Waals surface area contributed by atoms with Crippen molar-refractivity contribution in [1.82, 2.24) is 44.2 Å². The molecule has 11 aromatic rings. The monoisotopic (exact) mass is 2070 g/mol. The van der Waals surface area contributed by atoms with E-state index in [-0.39, 0.29) is 59.0 Å². The minimum Gasteiger partial charge on any atom is -0.496 e. The molecule has 0 fully saturated rings. The number of pyridine rings is 2. The highest BCUT2D eigenvalue weighted by atomic mass is 127. The average Bonchev–Trinajstić information content (AvgIpc) is 1.61. The molecule has 0 bridgehead atoms. The zero-order valence-corrected chi connectivity index (χ0v) is 80.6. The van der Waals surface area contributed by atoms with Crippen LogP contribution >= 0.6 is 67.8 Å². The first kappa shape index (κ1) is 99.7. The summed E-state index contributed by atoms with van der Waals surface area (Å²) in [5, 5.41) is 29.7. The van der Waals surface area contributed by atoms with Crippen LogP contribution in [0.4, 0.5) is 0 Å². The zero-order chi connectivity index (χ0) is 91.8. The second-order valence-electron chi connectivity index (χ2n) is 30.4. The van der Waals surface area contributed by atoms with Gasteiger partial charge in [0.15, 0.2) is 11.3 Å². The smallest absolute Gasteiger partial charge is 0.337 e. The number of aromatic carboxylic acids is 2. The zero-order valence-electron chi connectivity index (χ0n) is 72.1. The standard InChI is InChI=1S/C30H36N4O5Si.C29H34N4O5Si.C11H12INO3.C10H9IO4.C9H7IO4/c1-33(2)29(35)21-14-20(15-22(16-21)30(36)38-4)23-17-25-27(24-10-8-9-11-26(24)37-3)32-34(28(25)31-18-23)19-39-12-13-40(5,6)7;1-32(2)28(34)20-13-19(14-21(15-20)29(35)36)22-16-24-26(23-9-7-8-10-25(23)37-3)31-33(27(24)30-17-22)18-38-11-12-39(4,5)6;1-13(2)10(14)7-4-8(11(15)16-3)6-9(12)5-7;1-14-9(12)6-3-7(10(13)15-2)5-8(11)4-6;1-14-9(13)6-2-5(8(11)12)3-7(10)4-6/h8-11,14-18H,12-13,19H2,1-7H3;7-10,13-17H,11-12,18H2,1-6H3,(H,35,36);4-6H,1-3H3;3-5H,1-2H3;2-4H,1H3,(H,11,12). The molecular formula is C89H98I3N9O21Si2. The third kappa shape index (κ3) is 27.8. The lowest BCUT2D eigenvalue weighted by Gasteiger charge is -2.15. The van der Waals surface area contributed by atoms with Crippen LogP contribution in [-0.4, -0.2) is 235 Å². The minimum atomic E-state index is -1.24. The van der Waals surface area contributed by atoms with Gasteiger partial charge in [0.1, 0.15) is 36.3 Å². The summed E-state index contributed by atoms with van der Waals surface area (Å²) in [6, 6.07) is 44.9. The summed E-state index contributed by atoms with van der Waals surface area (Å²) >= 11 is 6.02. The third-order valence-electron chi connectivity index (χ3n) is 18.1. The highest BCUT2D eigenvalue weighted by Gasteiger charge is 2.26. The Labute approximate surface area is 761 Å². The highest BCUT2D eigenvalue weighted by Crippen LogP contribution is 2.39. The molecule has 0 aliphatic carbocycles. The van der Waals surface area contributed by atoms with Crippen LogP contribution in [-0.2, 0) is 46.6 Å². The SMILES string of the molecule is COC(=O)c1cc(C(=O)N(C)C)cc(-c2cnc3c(c2)c(-c2ccccc2OC)nn3COCC[Si](C)(C)C)c1.COC(=O)c1cc(I)cc(C(=O)N(C)C)c1.COC(=O)c1cc(I)cc(C(=O)O)c1.COC(=O)c1cc(I)cc(C(=O)OC)c1.COc1ccccc1-c1nn(COCC[Si](C)(C)C)c2ncc(-c3cc(C(=O)O)cc(C(=O)N(C)C)c3)cc12. The molecular weight excluding hydrogens is 1970 g/mol.